The van der Waals surface area contributed by atoms with Crippen LogP contribution in [0, 0.1) is 0 Å². The first-order valence-corrected chi connectivity index (χ1v) is 10.9. The van der Waals surface area contributed by atoms with Crippen LogP contribution < -0.4 is 0 Å². The smallest absolute Gasteiger partial charge is 0.0803 e. The van der Waals surface area contributed by atoms with E-state index in [1.54, 1.807) is 0 Å². The Morgan fingerprint density at radius 1 is 0.786 bits per heavy atom. The summed E-state index contributed by atoms with van der Waals surface area (Å²) in [6.45, 7) is 7.92. The van der Waals surface area contributed by atoms with Gasteiger partial charge in [0.25, 0.3) is 0 Å². The van der Waals surface area contributed by atoms with Gasteiger partial charge in [-0.25, -0.2) is 4.98 Å². The standard InChI is InChI=1S/C25H34N2O/c1-3-5-17-27(18-6-4-2)19-11-16-24(28)25-20-12-7-9-14-22(20)26-23-15-10-8-13-21(23)25/h7-10,12-15,24,28H,3-6,11,16-19H2,1-2H3. The minimum atomic E-state index is -0.461. The zero-order valence-corrected chi connectivity index (χ0v) is 17.4. The molecule has 3 nitrogen and oxygen atoms in total. The summed E-state index contributed by atoms with van der Waals surface area (Å²) in [5.41, 5.74) is 2.96. The van der Waals surface area contributed by atoms with Crippen molar-refractivity contribution in [3.8, 4) is 0 Å². The number of aliphatic hydroxyl groups excluding tert-OH is 1. The van der Waals surface area contributed by atoms with Crippen molar-refractivity contribution in [2.45, 2.75) is 58.5 Å². The molecule has 3 heteroatoms. The molecule has 1 unspecified atom stereocenters. The molecule has 1 N–H and O–H groups in total. The topological polar surface area (TPSA) is 36.4 Å². The zero-order chi connectivity index (χ0) is 19.8. The van der Waals surface area contributed by atoms with Gasteiger partial charge in [-0.1, -0.05) is 63.1 Å². The summed E-state index contributed by atoms with van der Waals surface area (Å²) >= 11 is 0. The van der Waals surface area contributed by atoms with Crippen molar-refractivity contribution in [2.24, 2.45) is 0 Å². The monoisotopic (exact) mass is 378 g/mol. The SMILES string of the molecule is CCCCN(CCCC)CCCC(O)c1c2ccccc2nc2ccccc12. The van der Waals surface area contributed by atoms with Gasteiger partial charge in [-0.05, 0) is 63.0 Å². The summed E-state index contributed by atoms with van der Waals surface area (Å²) in [6, 6.07) is 16.3. The molecule has 150 valence electrons. The number of rotatable bonds is 11. The summed E-state index contributed by atoms with van der Waals surface area (Å²) in [6.07, 6.45) is 6.32. The normalized spacial score (nSPS) is 12.9. The number of hydrogen-bond donors (Lipinski definition) is 1. The van der Waals surface area contributed by atoms with Crippen molar-refractivity contribution in [2.75, 3.05) is 19.6 Å². The summed E-state index contributed by atoms with van der Waals surface area (Å²) < 4.78 is 0. The quantitative estimate of drug-likeness (QED) is 0.409. The van der Waals surface area contributed by atoms with E-state index in [0.717, 1.165) is 46.8 Å². The highest BCUT2D eigenvalue weighted by molar-refractivity contribution is 5.97. The minimum absolute atomic E-state index is 0.461. The number of aromatic nitrogens is 1. The highest BCUT2D eigenvalue weighted by atomic mass is 16.3. The van der Waals surface area contributed by atoms with E-state index in [-0.39, 0.29) is 0 Å². The predicted molar refractivity (Wildman–Crippen MR) is 120 cm³/mol. The van der Waals surface area contributed by atoms with Gasteiger partial charge in [-0.3, -0.25) is 0 Å². The first-order valence-electron chi connectivity index (χ1n) is 10.9. The molecular weight excluding hydrogens is 344 g/mol. The molecule has 1 heterocycles. The summed E-state index contributed by atoms with van der Waals surface area (Å²) in [7, 11) is 0. The van der Waals surface area contributed by atoms with E-state index in [2.05, 4.69) is 30.9 Å². The molecule has 0 saturated heterocycles. The van der Waals surface area contributed by atoms with Crippen molar-refractivity contribution in [3.05, 3.63) is 54.1 Å². The molecule has 1 aromatic heterocycles. The molecule has 0 aliphatic heterocycles. The van der Waals surface area contributed by atoms with Crippen LogP contribution in [0.2, 0.25) is 0 Å². The Kier molecular flexibility index (Phi) is 7.81. The molecule has 0 aliphatic rings. The van der Waals surface area contributed by atoms with Crippen LogP contribution in [0.4, 0.5) is 0 Å². The van der Waals surface area contributed by atoms with Crippen LogP contribution in [0.5, 0.6) is 0 Å². The van der Waals surface area contributed by atoms with Gasteiger partial charge in [0.2, 0.25) is 0 Å². The van der Waals surface area contributed by atoms with Crippen molar-refractivity contribution in [1.29, 1.82) is 0 Å². The fourth-order valence-corrected chi connectivity index (χ4v) is 3.98. The zero-order valence-electron chi connectivity index (χ0n) is 17.4. The van der Waals surface area contributed by atoms with Crippen molar-refractivity contribution in [1.82, 2.24) is 9.88 Å². The second-order valence-electron chi connectivity index (χ2n) is 7.77. The molecule has 1 atom stereocenters. The molecular formula is C25H34N2O. The van der Waals surface area contributed by atoms with Crippen LogP contribution in [0.3, 0.4) is 0 Å². The average molecular weight is 379 g/mol. The average Bonchev–Trinajstić information content (AvgIpc) is 2.73. The van der Waals surface area contributed by atoms with Gasteiger partial charge in [0.1, 0.15) is 0 Å². The highest BCUT2D eigenvalue weighted by Crippen LogP contribution is 2.32. The fourth-order valence-electron chi connectivity index (χ4n) is 3.98. The number of fused-ring (bicyclic) bond motifs is 2. The number of benzene rings is 2. The van der Waals surface area contributed by atoms with Crippen LogP contribution in [0.25, 0.3) is 21.8 Å². The third-order valence-corrected chi connectivity index (χ3v) is 5.57. The van der Waals surface area contributed by atoms with Crippen molar-refractivity contribution in [3.63, 3.8) is 0 Å². The second-order valence-corrected chi connectivity index (χ2v) is 7.77. The first-order chi connectivity index (χ1) is 13.7. The molecule has 0 saturated carbocycles. The van der Waals surface area contributed by atoms with Crippen molar-refractivity contribution >= 4 is 21.8 Å². The molecule has 3 rings (SSSR count). The van der Waals surface area contributed by atoms with E-state index in [1.165, 1.54) is 38.8 Å². The lowest BCUT2D eigenvalue weighted by Gasteiger charge is -2.23. The number of unbranched alkanes of at least 4 members (excludes halogenated alkanes) is 2. The maximum atomic E-state index is 11.1. The largest absolute Gasteiger partial charge is 0.388 e. The number of aliphatic hydroxyl groups is 1. The summed E-state index contributed by atoms with van der Waals surface area (Å²) in [5.74, 6) is 0. The Morgan fingerprint density at radius 2 is 1.29 bits per heavy atom. The number of pyridine rings is 1. The molecule has 28 heavy (non-hydrogen) atoms. The molecule has 0 aliphatic carbocycles. The maximum absolute atomic E-state index is 11.1. The molecule has 3 aromatic rings. The van der Waals surface area contributed by atoms with Gasteiger partial charge in [-0.2, -0.15) is 0 Å². The molecule has 0 fully saturated rings. The van der Waals surface area contributed by atoms with Gasteiger partial charge in [0, 0.05) is 10.8 Å². The Bertz CT molecular complexity index is 815. The minimum Gasteiger partial charge on any atom is -0.388 e. The molecule has 0 spiro atoms. The van der Waals surface area contributed by atoms with Gasteiger partial charge < -0.3 is 10.0 Å². The molecule has 2 aromatic carbocycles. The Morgan fingerprint density at radius 3 is 1.82 bits per heavy atom. The molecule has 0 radical (unpaired) electrons. The third kappa shape index (κ3) is 5.09. The van der Waals surface area contributed by atoms with Crippen LogP contribution in [0.15, 0.2) is 48.5 Å². The van der Waals surface area contributed by atoms with Crippen LogP contribution in [-0.4, -0.2) is 34.6 Å². The van der Waals surface area contributed by atoms with E-state index in [4.69, 9.17) is 4.98 Å². The van der Waals surface area contributed by atoms with Gasteiger partial charge >= 0.3 is 0 Å². The van der Waals surface area contributed by atoms with Crippen LogP contribution in [-0.2, 0) is 0 Å². The van der Waals surface area contributed by atoms with E-state index >= 15 is 0 Å². The Balaban J connectivity index is 1.76. The predicted octanol–water partition coefficient (Wildman–Crippen LogP) is 6.10. The van der Waals surface area contributed by atoms with Crippen LogP contribution >= 0.6 is 0 Å². The maximum Gasteiger partial charge on any atom is 0.0803 e. The number of para-hydroxylation sites is 2. The lowest BCUT2D eigenvalue weighted by molar-refractivity contribution is 0.157. The molecule has 0 bridgehead atoms. The summed E-state index contributed by atoms with van der Waals surface area (Å²) in [5, 5.41) is 13.3. The summed E-state index contributed by atoms with van der Waals surface area (Å²) in [4.78, 5) is 7.35. The lowest BCUT2D eigenvalue weighted by Crippen LogP contribution is -2.27. The highest BCUT2D eigenvalue weighted by Gasteiger charge is 2.16. The Labute approximate surface area is 169 Å². The second kappa shape index (κ2) is 10.5. The van der Waals surface area contributed by atoms with Crippen molar-refractivity contribution < 1.29 is 5.11 Å². The van der Waals surface area contributed by atoms with Gasteiger partial charge in [-0.15, -0.1) is 0 Å². The molecule has 0 amide bonds. The van der Waals surface area contributed by atoms with Gasteiger partial charge in [0.15, 0.2) is 0 Å². The first kappa shape index (κ1) is 20.8. The third-order valence-electron chi connectivity index (χ3n) is 5.57. The van der Waals surface area contributed by atoms with E-state index in [9.17, 15) is 5.11 Å². The van der Waals surface area contributed by atoms with E-state index in [1.807, 2.05) is 36.4 Å². The Hall–Kier alpha value is -1.97. The van der Waals surface area contributed by atoms with E-state index in [0.29, 0.717) is 0 Å². The number of hydrogen-bond acceptors (Lipinski definition) is 3. The number of nitrogens with zero attached hydrogens (tertiary/aromatic N) is 2. The lowest BCUT2D eigenvalue weighted by atomic mass is 9.95. The van der Waals surface area contributed by atoms with E-state index < -0.39 is 6.10 Å². The fraction of sp³-hybridized carbons (Fsp3) is 0.480. The van der Waals surface area contributed by atoms with Crippen LogP contribution in [0.1, 0.15) is 64.0 Å². The van der Waals surface area contributed by atoms with Gasteiger partial charge in [0.05, 0.1) is 17.1 Å².